The zero-order chi connectivity index (χ0) is 37.0. The molecule has 0 radical (unpaired) electrons. The van der Waals surface area contributed by atoms with Crippen molar-refractivity contribution < 1.29 is 4.42 Å². The van der Waals surface area contributed by atoms with Gasteiger partial charge in [0.15, 0.2) is 28.9 Å². The number of hydrogen-bond donors (Lipinski definition) is 0. The fourth-order valence-electron chi connectivity index (χ4n) is 7.47. The van der Waals surface area contributed by atoms with E-state index >= 15 is 0 Å². The van der Waals surface area contributed by atoms with Gasteiger partial charge in [-0.3, -0.25) is 0 Å². The van der Waals surface area contributed by atoms with Gasteiger partial charge in [-0.2, -0.15) is 0 Å². The Balaban J connectivity index is 1.08. The van der Waals surface area contributed by atoms with Gasteiger partial charge in [-0.05, 0) is 41.5 Å². The molecule has 4 heterocycles. The van der Waals surface area contributed by atoms with Crippen molar-refractivity contribution in [1.29, 1.82) is 0 Å². The summed E-state index contributed by atoms with van der Waals surface area (Å²) in [4.78, 5) is 25.4. The molecular weight excluding hydrogens is 707 g/mol. The molecule has 0 aliphatic carbocycles. The third-order valence-electron chi connectivity index (χ3n) is 10.2. The lowest BCUT2D eigenvalue weighted by molar-refractivity contribution is 0.667. The maximum Gasteiger partial charge on any atom is 0.180 e. The van der Waals surface area contributed by atoms with Crippen LogP contribution in [-0.2, 0) is 0 Å². The summed E-state index contributed by atoms with van der Waals surface area (Å²) in [5, 5.41) is 3.22. The first-order valence-electron chi connectivity index (χ1n) is 18.4. The third-order valence-corrected chi connectivity index (χ3v) is 11.3. The number of benzene rings is 7. The van der Waals surface area contributed by atoms with Gasteiger partial charge in [0, 0.05) is 53.4 Å². The number of nitrogens with zero attached hydrogens (tertiary/aromatic N) is 5. The van der Waals surface area contributed by atoms with E-state index in [1.54, 1.807) is 11.3 Å². The van der Waals surface area contributed by atoms with Crippen molar-refractivity contribution in [3.8, 4) is 67.9 Å². The summed E-state index contributed by atoms with van der Waals surface area (Å²) in [7, 11) is 0. The Morgan fingerprint density at radius 2 is 0.946 bits per heavy atom. The standard InChI is InChI=1S/C49H29N5OS/c1-4-14-30(15-5-1)33-20-12-21-34(28-33)48-52-47(32-18-8-3-9-19-32)53-49(54-48)35-26-27-37-41(29-35)56-40-25-13-23-38(42(37)40)44-45-43(36-22-10-11-24-39(36)55-45)50-46(51-44)31-16-6-2-7-17-31/h1-29H. The monoisotopic (exact) mass is 735 g/mol. The number of rotatable bonds is 6. The summed E-state index contributed by atoms with van der Waals surface area (Å²) < 4.78 is 8.80. The van der Waals surface area contributed by atoms with E-state index in [1.165, 1.54) is 0 Å². The van der Waals surface area contributed by atoms with Crippen molar-refractivity contribution in [2.24, 2.45) is 0 Å². The van der Waals surface area contributed by atoms with Crippen LogP contribution in [0.4, 0.5) is 0 Å². The van der Waals surface area contributed by atoms with Crippen molar-refractivity contribution in [3.05, 3.63) is 176 Å². The highest BCUT2D eigenvalue weighted by Gasteiger charge is 2.22. The van der Waals surface area contributed by atoms with Crippen LogP contribution in [0.5, 0.6) is 0 Å². The first kappa shape index (κ1) is 32.1. The van der Waals surface area contributed by atoms with Gasteiger partial charge in [0.1, 0.15) is 16.8 Å². The van der Waals surface area contributed by atoms with Crippen LogP contribution in [0.25, 0.3) is 110 Å². The fraction of sp³-hybridized carbons (Fsp3) is 0. The van der Waals surface area contributed by atoms with Gasteiger partial charge in [-0.25, -0.2) is 24.9 Å². The van der Waals surface area contributed by atoms with Crippen molar-refractivity contribution in [2.45, 2.75) is 0 Å². The molecule has 4 aromatic heterocycles. The number of furan rings is 1. The van der Waals surface area contributed by atoms with Gasteiger partial charge in [-0.15, -0.1) is 11.3 Å². The second kappa shape index (κ2) is 13.2. The van der Waals surface area contributed by atoms with Crippen molar-refractivity contribution in [1.82, 2.24) is 24.9 Å². The molecule has 0 amide bonds. The van der Waals surface area contributed by atoms with Gasteiger partial charge in [-0.1, -0.05) is 146 Å². The zero-order valence-electron chi connectivity index (χ0n) is 29.8. The summed E-state index contributed by atoms with van der Waals surface area (Å²) >= 11 is 1.75. The number of para-hydroxylation sites is 1. The first-order chi connectivity index (χ1) is 27.7. The smallest absolute Gasteiger partial charge is 0.180 e. The highest BCUT2D eigenvalue weighted by atomic mass is 32.1. The second-order valence-electron chi connectivity index (χ2n) is 13.6. The van der Waals surface area contributed by atoms with Crippen molar-refractivity contribution in [3.63, 3.8) is 0 Å². The topological polar surface area (TPSA) is 77.6 Å². The third kappa shape index (κ3) is 5.52. The zero-order valence-corrected chi connectivity index (χ0v) is 30.6. The van der Waals surface area contributed by atoms with Crippen molar-refractivity contribution in [2.75, 3.05) is 0 Å². The predicted molar refractivity (Wildman–Crippen MR) is 228 cm³/mol. The van der Waals surface area contributed by atoms with Crippen molar-refractivity contribution >= 4 is 53.6 Å². The van der Waals surface area contributed by atoms with E-state index in [9.17, 15) is 0 Å². The van der Waals surface area contributed by atoms with Gasteiger partial charge in [0.2, 0.25) is 0 Å². The molecule has 0 N–H and O–H groups in total. The normalized spacial score (nSPS) is 11.6. The summed E-state index contributed by atoms with van der Waals surface area (Å²) in [6, 6.07) is 59.9. The first-order valence-corrected chi connectivity index (χ1v) is 19.2. The molecule has 262 valence electrons. The molecule has 0 unspecified atom stereocenters. The summed E-state index contributed by atoms with van der Waals surface area (Å²) in [6.07, 6.45) is 0. The molecule has 0 aliphatic heterocycles. The maximum atomic E-state index is 6.53. The molecule has 7 heteroatoms. The van der Waals surface area contributed by atoms with Gasteiger partial charge in [0.05, 0.1) is 0 Å². The SMILES string of the molecule is c1ccc(-c2cccc(-c3nc(-c4ccccc4)nc(-c4ccc5c(c4)sc4cccc(-c6nc(-c7ccccc7)nc7c6oc6ccccc67)c45)n3)c2)cc1. The summed E-state index contributed by atoms with van der Waals surface area (Å²) in [5.41, 5.74) is 10.0. The highest BCUT2D eigenvalue weighted by molar-refractivity contribution is 7.26. The minimum atomic E-state index is 0.617. The summed E-state index contributed by atoms with van der Waals surface area (Å²) in [6.45, 7) is 0. The Kier molecular flexibility index (Phi) is 7.57. The minimum absolute atomic E-state index is 0.617. The summed E-state index contributed by atoms with van der Waals surface area (Å²) in [5.74, 6) is 2.53. The quantitative estimate of drug-likeness (QED) is 0.169. The van der Waals surface area contributed by atoms with Crippen LogP contribution in [0.2, 0.25) is 0 Å². The molecule has 56 heavy (non-hydrogen) atoms. The Bertz CT molecular complexity index is 3250. The lowest BCUT2D eigenvalue weighted by Gasteiger charge is -2.10. The molecule has 0 aliphatic rings. The number of aromatic nitrogens is 5. The van der Waals surface area contributed by atoms with Crippen LogP contribution < -0.4 is 0 Å². The van der Waals surface area contributed by atoms with E-state index < -0.39 is 0 Å². The van der Waals surface area contributed by atoms with Crippen LogP contribution in [0.1, 0.15) is 0 Å². The lowest BCUT2D eigenvalue weighted by Crippen LogP contribution is -2.00. The van der Waals surface area contributed by atoms with E-state index in [1.807, 2.05) is 84.9 Å². The Labute approximate surface area is 325 Å². The molecule has 11 aromatic rings. The molecule has 0 saturated heterocycles. The fourth-order valence-corrected chi connectivity index (χ4v) is 8.64. The average molecular weight is 736 g/mol. The number of hydrogen-bond acceptors (Lipinski definition) is 7. The lowest BCUT2D eigenvalue weighted by atomic mass is 10.0. The van der Waals surface area contributed by atoms with Crippen LogP contribution in [0.15, 0.2) is 180 Å². The Morgan fingerprint density at radius 1 is 0.375 bits per heavy atom. The largest absolute Gasteiger partial charge is 0.452 e. The maximum absolute atomic E-state index is 6.53. The second-order valence-corrected chi connectivity index (χ2v) is 14.7. The van der Waals surface area contributed by atoms with Crippen LogP contribution >= 0.6 is 11.3 Å². The molecule has 7 aromatic carbocycles. The van der Waals surface area contributed by atoms with Gasteiger partial charge >= 0.3 is 0 Å². The molecule has 6 nitrogen and oxygen atoms in total. The molecular formula is C49H29N5OS. The molecule has 11 rings (SSSR count). The van der Waals surface area contributed by atoms with Crippen LogP contribution in [-0.4, -0.2) is 24.9 Å². The van der Waals surface area contributed by atoms with Crippen LogP contribution in [0, 0.1) is 0 Å². The molecule has 0 fully saturated rings. The van der Waals surface area contributed by atoms with E-state index in [2.05, 4.69) is 91.0 Å². The van der Waals surface area contributed by atoms with Gasteiger partial charge < -0.3 is 4.42 Å². The van der Waals surface area contributed by atoms with Gasteiger partial charge in [0.25, 0.3) is 0 Å². The molecule has 0 spiro atoms. The minimum Gasteiger partial charge on any atom is -0.452 e. The Hall–Kier alpha value is -7.35. The Morgan fingerprint density at radius 3 is 1.68 bits per heavy atom. The van der Waals surface area contributed by atoms with E-state index in [0.29, 0.717) is 28.9 Å². The molecule has 0 atom stereocenters. The predicted octanol–water partition coefficient (Wildman–Crippen LogP) is 12.9. The van der Waals surface area contributed by atoms with E-state index in [0.717, 1.165) is 81.3 Å². The number of thiophene rings is 1. The van der Waals surface area contributed by atoms with E-state index in [4.69, 9.17) is 29.3 Å². The van der Waals surface area contributed by atoms with E-state index in [-0.39, 0.29) is 0 Å². The number of fused-ring (bicyclic) bond motifs is 6. The highest BCUT2D eigenvalue weighted by Crippen LogP contribution is 2.44. The van der Waals surface area contributed by atoms with Crippen LogP contribution in [0.3, 0.4) is 0 Å². The molecule has 0 bridgehead atoms. The molecule has 0 saturated carbocycles. The average Bonchev–Trinajstić information content (AvgIpc) is 3.85.